The molecule has 29 heavy (non-hydrogen) atoms. The molecule has 1 amide bonds. The number of hydrogen-bond acceptors (Lipinski definition) is 3. The summed E-state index contributed by atoms with van der Waals surface area (Å²) in [7, 11) is 0. The van der Waals surface area contributed by atoms with Crippen LogP contribution in [0, 0.1) is 0 Å². The SMILES string of the molecule is CCCc1cc(=O)[nH]c2cc(NC(=O)c3ccc(Cn4ccnc4)cc3)ccc12. The molecule has 0 saturated carbocycles. The van der Waals surface area contributed by atoms with Gasteiger partial charge in [-0.25, -0.2) is 4.98 Å². The second-order valence-electron chi connectivity index (χ2n) is 7.06. The summed E-state index contributed by atoms with van der Waals surface area (Å²) in [6, 6.07) is 14.8. The lowest BCUT2D eigenvalue weighted by atomic mass is 10.0. The van der Waals surface area contributed by atoms with Crippen molar-refractivity contribution in [3.05, 3.63) is 94.3 Å². The lowest BCUT2D eigenvalue weighted by Gasteiger charge is -2.10. The molecule has 2 heterocycles. The maximum atomic E-state index is 12.6. The third-order valence-corrected chi connectivity index (χ3v) is 4.85. The summed E-state index contributed by atoms with van der Waals surface area (Å²) in [6.45, 7) is 2.79. The van der Waals surface area contributed by atoms with Gasteiger partial charge in [-0.15, -0.1) is 0 Å². The second-order valence-corrected chi connectivity index (χ2v) is 7.06. The summed E-state index contributed by atoms with van der Waals surface area (Å²) < 4.78 is 1.97. The fraction of sp³-hybridized carbons (Fsp3) is 0.174. The molecule has 0 saturated heterocycles. The Morgan fingerprint density at radius 3 is 2.69 bits per heavy atom. The molecular weight excluding hydrogens is 364 g/mol. The number of fused-ring (bicyclic) bond motifs is 1. The first kappa shape index (κ1) is 18.7. The predicted octanol–water partition coefficient (Wildman–Crippen LogP) is 3.98. The molecule has 4 aromatic rings. The predicted molar refractivity (Wildman–Crippen MR) is 114 cm³/mol. The Kier molecular flexibility index (Phi) is 5.24. The number of benzene rings is 2. The van der Waals surface area contributed by atoms with E-state index in [9.17, 15) is 9.59 Å². The van der Waals surface area contributed by atoms with Crippen LogP contribution >= 0.6 is 0 Å². The molecular formula is C23H22N4O2. The first-order valence-electron chi connectivity index (χ1n) is 9.64. The van der Waals surface area contributed by atoms with Crippen LogP contribution in [-0.2, 0) is 13.0 Å². The fourth-order valence-electron chi connectivity index (χ4n) is 3.44. The number of H-pyrrole nitrogens is 1. The average molecular weight is 386 g/mol. The summed E-state index contributed by atoms with van der Waals surface area (Å²) in [5.74, 6) is -0.189. The van der Waals surface area contributed by atoms with E-state index in [0.717, 1.165) is 34.9 Å². The van der Waals surface area contributed by atoms with Crippen LogP contribution in [0.1, 0.15) is 34.8 Å². The van der Waals surface area contributed by atoms with Gasteiger partial charge in [0.1, 0.15) is 0 Å². The first-order valence-corrected chi connectivity index (χ1v) is 9.64. The van der Waals surface area contributed by atoms with E-state index in [4.69, 9.17) is 0 Å². The Labute approximate surface area is 168 Å². The monoisotopic (exact) mass is 386 g/mol. The van der Waals surface area contributed by atoms with Crippen molar-refractivity contribution in [2.75, 3.05) is 5.32 Å². The topological polar surface area (TPSA) is 79.8 Å². The van der Waals surface area contributed by atoms with Gasteiger partial charge < -0.3 is 14.9 Å². The Morgan fingerprint density at radius 2 is 1.97 bits per heavy atom. The van der Waals surface area contributed by atoms with Crippen molar-refractivity contribution in [3.63, 3.8) is 0 Å². The van der Waals surface area contributed by atoms with E-state index in [-0.39, 0.29) is 11.5 Å². The molecule has 6 heteroatoms. The number of hydrogen-bond donors (Lipinski definition) is 2. The van der Waals surface area contributed by atoms with E-state index < -0.39 is 0 Å². The molecule has 2 aromatic carbocycles. The molecule has 4 rings (SSSR count). The van der Waals surface area contributed by atoms with Crippen LogP contribution < -0.4 is 10.9 Å². The average Bonchev–Trinajstić information content (AvgIpc) is 3.21. The summed E-state index contributed by atoms with van der Waals surface area (Å²) in [5, 5.41) is 3.92. The van der Waals surface area contributed by atoms with Gasteiger partial charge in [0, 0.05) is 41.6 Å². The van der Waals surface area contributed by atoms with E-state index in [1.165, 1.54) is 0 Å². The summed E-state index contributed by atoms with van der Waals surface area (Å²) >= 11 is 0. The highest BCUT2D eigenvalue weighted by Gasteiger charge is 2.09. The third-order valence-electron chi connectivity index (χ3n) is 4.85. The van der Waals surface area contributed by atoms with Gasteiger partial charge in [0.25, 0.3) is 5.91 Å². The van der Waals surface area contributed by atoms with Gasteiger partial charge in [-0.2, -0.15) is 0 Å². The van der Waals surface area contributed by atoms with Crippen molar-refractivity contribution in [3.8, 4) is 0 Å². The smallest absolute Gasteiger partial charge is 0.255 e. The van der Waals surface area contributed by atoms with Gasteiger partial charge in [0.15, 0.2) is 0 Å². The molecule has 0 aliphatic heterocycles. The van der Waals surface area contributed by atoms with Gasteiger partial charge in [-0.1, -0.05) is 31.5 Å². The molecule has 0 spiro atoms. The molecule has 0 atom stereocenters. The maximum Gasteiger partial charge on any atom is 0.255 e. The van der Waals surface area contributed by atoms with Crippen molar-refractivity contribution in [2.45, 2.75) is 26.3 Å². The third kappa shape index (κ3) is 4.27. The minimum absolute atomic E-state index is 0.127. The van der Waals surface area contributed by atoms with Gasteiger partial charge in [-0.05, 0) is 41.8 Å². The number of anilines is 1. The van der Waals surface area contributed by atoms with E-state index in [1.807, 2.05) is 47.2 Å². The zero-order valence-electron chi connectivity index (χ0n) is 16.2. The van der Waals surface area contributed by atoms with E-state index in [1.54, 1.807) is 24.7 Å². The molecule has 0 aliphatic rings. The number of nitrogens with one attached hydrogen (secondary N) is 2. The van der Waals surface area contributed by atoms with Crippen LogP contribution in [0.2, 0.25) is 0 Å². The van der Waals surface area contributed by atoms with Gasteiger partial charge >= 0.3 is 0 Å². The number of amides is 1. The summed E-state index contributed by atoms with van der Waals surface area (Å²) in [4.78, 5) is 31.4. The van der Waals surface area contributed by atoms with Crippen LogP contribution in [0.15, 0.2) is 72.0 Å². The lowest BCUT2D eigenvalue weighted by molar-refractivity contribution is 0.102. The Balaban J connectivity index is 1.51. The number of aromatic nitrogens is 3. The van der Waals surface area contributed by atoms with E-state index in [0.29, 0.717) is 17.8 Å². The number of rotatable bonds is 6. The Hall–Kier alpha value is -3.67. The minimum Gasteiger partial charge on any atom is -0.333 e. The van der Waals surface area contributed by atoms with Crippen LogP contribution in [0.4, 0.5) is 5.69 Å². The molecule has 2 aromatic heterocycles. The molecule has 6 nitrogen and oxygen atoms in total. The maximum absolute atomic E-state index is 12.6. The van der Waals surface area contributed by atoms with Gasteiger partial charge in [-0.3, -0.25) is 9.59 Å². The van der Waals surface area contributed by atoms with Crippen molar-refractivity contribution < 1.29 is 4.79 Å². The van der Waals surface area contributed by atoms with Gasteiger partial charge in [0.2, 0.25) is 5.56 Å². The Bertz CT molecular complexity index is 1190. The number of imidazole rings is 1. The van der Waals surface area contributed by atoms with Crippen molar-refractivity contribution in [1.29, 1.82) is 0 Å². The molecule has 146 valence electrons. The highest BCUT2D eigenvalue weighted by molar-refractivity contribution is 6.05. The van der Waals surface area contributed by atoms with Crippen LogP contribution in [0.25, 0.3) is 10.9 Å². The van der Waals surface area contributed by atoms with Crippen LogP contribution in [-0.4, -0.2) is 20.4 Å². The lowest BCUT2D eigenvalue weighted by Crippen LogP contribution is -2.12. The van der Waals surface area contributed by atoms with Crippen molar-refractivity contribution in [2.24, 2.45) is 0 Å². The molecule has 0 unspecified atom stereocenters. The summed E-state index contributed by atoms with van der Waals surface area (Å²) in [6.07, 6.45) is 7.21. The largest absolute Gasteiger partial charge is 0.333 e. The zero-order valence-corrected chi connectivity index (χ0v) is 16.2. The summed E-state index contributed by atoms with van der Waals surface area (Å²) in [5.41, 5.74) is 3.94. The number of aromatic amines is 1. The number of carbonyl (C=O) groups is 1. The molecule has 0 radical (unpaired) electrons. The Morgan fingerprint density at radius 1 is 1.14 bits per heavy atom. The van der Waals surface area contributed by atoms with Gasteiger partial charge in [0.05, 0.1) is 11.8 Å². The number of nitrogens with zero attached hydrogens (tertiary/aromatic N) is 2. The quantitative estimate of drug-likeness (QED) is 0.526. The van der Waals surface area contributed by atoms with Crippen LogP contribution in [0.5, 0.6) is 0 Å². The zero-order chi connectivity index (χ0) is 20.2. The minimum atomic E-state index is -0.189. The standard InChI is InChI=1S/C23H22N4O2/c1-2-3-18-12-22(28)26-21-13-19(8-9-20(18)21)25-23(29)17-6-4-16(5-7-17)14-27-11-10-24-15-27/h4-13,15H,2-3,14H2,1H3,(H,25,29)(H,26,28). The second kappa shape index (κ2) is 8.14. The van der Waals surface area contributed by atoms with E-state index >= 15 is 0 Å². The van der Waals surface area contributed by atoms with Crippen molar-refractivity contribution in [1.82, 2.24) is 14.5 Å². The number of pyridine rings is 1. The highest BCUT2D eigenvalue weighted by Crippen LogP contribution is 2.21. The van der Waals surface area contributed by atoms with Crippen LogP contribution in [0.3, 0.4) is 0 Å². The van der Waals surface area contributed by atoms with Crippen molar-refractivity contribution >= 4 is 22.5 Å². The molecule has 0 bridgehead atoms. The normalized spacial score (nSPS) is 10.9. The molecule has 0 aliphatic carbocycles. The highest BCUT2D eigenvalue weighted by atomic mass is 16.1. The van der Waals surface area contributed by atoms with E-state index in [2.05, 4.69) is 22.2 Å². The number of carbonyl (C=O) groups excluding carboxylic acids is 1. The molecule has 0 fully saturated rings. The first-order chi connectivity index (χ1) is 14.1. The number of aryl methyl sites for hydroxylation is 1. The molecule has 2 N–H and O–H groups in total. The fourth-order valence-corrected chi connectivity index (χ4v) is 3.44.